The standard InChI is InChI=1S/C16H16O5/c1-21-15-9-12(18)6-7-13(15)16(20)14(19)8-10-2-4-11(17)5-3-10/h2-7,9,16-18,20H,8H2,1H3/t16-/m0/s1. The number of rotatable bonds is 5. The van der Waals surface area contributed by atoms with E-state index in [1.807, 2.05) is 0 Å². The second-order valence-corrected chi connectivity index (χ2v) is 4.64. The summed E-state index contributed by atoms with van der Waals surface area (Å²) in [5, 5.41) is 28.7. The number of benzene rings is 2. The van der Waals surface area contributed by atoms with E-state index in [1.54, 1.807) is 12.1 Å². The summed E-state index contributed by atoms with van der Waals surface area (Å²) in [6.45, 7) is 0. The van der Waals surface area contributed by atoms with Crippen LogP contribution in [0.4, 0.5) is 0 Å². The number of carbonyl (C=O) groups excluding carboxylic acids is 1. The first-order chi connectivity index (χ1) is 10.0. The number of methoxy groups -OCH3 is 1. The third-order valence-electron chi connectivity index (χ3n) is 3.13. The minimum Gasteiger partial charge on any atom is -0.508 e. The summed E-state index contributed by atoms with van der Waals surface area (Å²) in [5.41, 5.74) is 0.994. The molecule has 2 aromatic rings. The minimum absolute atomic E-state index is 0.00576. The van der Waals surface area contributed by atoms with Gasteiger partial charge >= 0.3 is 0 Å². The van der Waals surface area contributed by atoms with Crippen molar-refractivity contribution in [2.75, 3.05) is 7.11 Å². The molecule has 0 bridgehead atoms. The smallest absolute Gasteiger partial charge is 0.170 e. The van der Waals surface area contributed by atoms with Crippen LogP contribution < -0.4 is 4.74 Å². The molecule has 5 heteroatoms. The van der Waals surface area contributed by atoms with Crippen molar-refractivity contribution in [2.24, 2.45) is 0 Å². The molecule has 0 aliphatic rings. The molecule has 0 unspecified atom stereocenters. The van der Waals surface area contributed by atoms with Gasteiger partial charge in [-0.25, -0.2) is 0 Å². The van der Waals surface area contributed by atoms with Crippen molar-refractivity contribution < 1.29 is 24.9 Å². The highest BCUT2D eigenvalue weighted by Gasteiger charge is 2.21. The number of ether oxygens (including phenoxy) is 1. The molecule has 1 atom stereocenters. The van der Waals surface area contributed by atoms with Gasteiger partial charge in [0, 0.05) is 18.1 Å². The van der Waals surface area contributed by atoms with Crippen LogP contribution in [0, 0.1) is 0 Å². The maximum absolute atomic E-state index is 12.1. The lowest BCUT2D eigenvalue weighted by atomic mass is 9.99. The number of Topliss-reactive ketones (excluding diaryl/α,β-unsaturated/α-hetero) is 1. The molecule has 0 heterocycles. The second kappa shape index (κ2) is 6.28. The first-order valence-electron chi connectivity index (χ1n) is 6.37. The molecule has 0 saturated heterocycles. The van der Waals surface area contributed by atoms with Crippen LogP contribution >= 0.6 is 0 Å². The monoisotopic (exact) mass is 288 g/mol. The van der Waals surface area contributed by atoms with Crippen molar-refractivity contribution in [1.29, 1.82) is 0 Å². The number of hydrogen-bond donors (Lipinski definition) is 3. The van der Waals surface area contributed by atoms with Gasteiger partial charge in [0.2, 0.25) is 0 Å². The zero-order valence-electron chi connectivity index (χ0n) is 11.5. The van der Waals surface area contributed by atoms with E-state index in [1.165, 1.54) is 37.4 Å². The average molecular weight is 288 g/mol. The van der Waals surface area contributed by atoms with Crippen molar-refractivity contribution >= 4 is 5.78 Å². The number of ketones is 1. The third kappa shape index (κ3) is 3.52. The number of aliphatic hydroxyl groups excluding tert-OH is 1. The lowest BCUT2D eigenvalue weighted by molar-refractivity contribution is -0.126. The Kier molecular flexibility index (Phi) is 4.45. The van der Waals surface area contributed by atoms with Crippen LogP contribution in [0.3, 0.4) is 0 Å². The van der Waals surface area contributed by atoms with Crippen molar-refractivity contribution in [3.8, 4) is 17.2 Å². The third-order valence-corrected chi connectivity index (χ3v) is 3.13. The van der Waals surface area contributed by atoms with Crippen molar-refractivity contribution in [3.63, 3.8) is 0 Å². The van der Waals surface area contributed by atoms with Gasteiger partial charge in [0.25, 0.3) is 0 Å². The second-order valence-electron chi connectivity index (χ2n) is 4.64. The van der Waals surface area contributed by atoms with Crippen LogP contribution in [-0.2, 0) is 11.2 Å². The molecule has 0 aliphatic carbocycles. The maximum Gasteiger partial charge on any atom is 0.170 e. The molecule has 0 amide bonds. The first kappa shape index (κ1) is 14.9. The van der Waals surface area contributed by atoms with Gasteiger partial charge in [0.15, 0.2) is 5.78 Å². The van der Waals surface area contributed by atoms with Gasteiger partial charge in [-0.2, -0.15) is 0 Å². The molecule has 5 nitrogen and oxygen atoms in total. The highest BCUT2D eigenvalue weighted by molar-refractivity contribution is 5.86. The van der Waals surface area contributed by atoms with Gasteiger partial charge in [-0.05, 0) is 29.8 Å². The Morgan fingerprint density at radius 3 is 2.33 bits per heavy atom. The number of carbonyl (C=O) groups is 1. The van der Waals surface area contributed by atoms with E-state index in [-0.39, 0.29) is 23.7 Å². The van der Waals surface area contributed by atoms with E-state index >= 15 is 0 Å². The normalized spacial score (nSPS) is 11.9. The Balaban J connectivity index is 2.17. The van der Waals surface area contributed by atoms with E-state index in [9.17, 15) is 20.1 Å². The topological polar surface area (TPSA) is 87.0 Å². The Morgan fingerprint density at radius 1 is 1.10 bits per heavy atom. The van der Waals surface area contributed by atoms with Crippen molar-refractivity contribution in [2.45, 2.75) is 12.5 Å². The average Bonchev–Trinajstić information content (AvgIpc) is 2.48. The molecule has 0 saturated carbocycles. The molecule has 0 aromatic heterocycles. The van der Waals surface area contributed by atoms with Crippen LogP contribution in [-0.4, -0.2) is 28.2 Å². The SMILES string of the molecule is COc1cc(O)ccc1[C@H](O)C(=O)Cc1ccc(O)cc1. The van der Waals surface area contributed by atoms with Crippen LogP contribution in [0.1, 0.15) is 17.2 Å². The predicted molar refractivity (Wildman–Crippen MR) is 76.4 cm³/mol. The highest BCUT2D eigenvalue weighted by Crippen LogP contribution is 2.30. The van der Waals surface area contributed by atoms with E-state index < -0.39 is 11.9 Å². The summed E-state index contributed by atoms with van der Waals surface area (Å²) >= 11 is 0. The molecule has 0 spiro atoms. The molecule has 0 aliphatic heterocycles. The van der Waals surface area contributed by atoms with Gasteiger partial charge < -0.3 is 20.1 Å². The van der Waals surface area contributed by atoms with Gasteiger partial charge in [-0.3, -0.25) is 4.79 Å². The minimum atomic E-state index is -1.34. The zero-order valence-corrected chi connectivity index (χ0v) is 11.5. The van der Waals surface area contributed by atoms with Crippen molar-refractivity contribution in [1.82, 2.24) is 0 Å². The fourth-order valence-corrected chi connectivity index (χ4v) is 2.01. The van der Waals surface area contributed by atoms with Gasteiger partial charge in [0.1, 0.15) is 23.4 Å². The molecule has 3 N–H and O–H groups in total. The Morgan fingerprint density at radius 2 is 1.71 bits per heavy atom. The van der Waals surface area contributed by atoms with Gasteiger partial charge in [-0.1, -0.05) is 12.1 Å². The summed E-state index contributed by atoms with van der Waals surface area (Å²) in [6, 6.07) is 10.4. The summed E-state index contributed by atoms with van der Waals surface area (Å²) in [7, 11) is 1.40. The van der Waals surface area contributed by atoms with Crippen LogP contribution in [0.25, 0.3) is 0 Å². The van der Waals surface area contributed by atoms with Crippen LogP contribution in [0.2, 0.25) is 0 Å². The highest BCUT2D eigenvalue weighted by atomic mass is 16.5. The maximum atomic E-state index is 12.1. The van der Waals surface area contributed by atoms with Crippen LogP contribution in [0.5, 0.6) is 17.2 Å². The number of phenolic OH excluding ortho intramolecular Hbond substituents is 2. The van der Waals surface area contributed by atoms with E-state index in [0.29, 0.717) is 11.1 Å². The molecule has 110 valence electrons. The molecule has 2 rings (SSSR count). The number of hydrogen-bond acceptors (Lipinski definition) is 5. The van der Waals surface area contributed by atoms with Gasteiger partial charge in [0.05, 0.1) is 7.11 Å². The summed E-state index contributed by atoms with van der Waals surface area (Å²) in [4.78, 5) is 12.1. The Hall–Kier alpha value is -2.53. The molecule has 0 radical (unpaired) electrons. The molecule has 21 heavy (non-hydrogen) atoms. The van der Waals surface area contributed by atoms with E-state index in [2.05, 4.69) is 0 Å². The first-order valence-corrected chi connectivity index (χ1v) is 6.37. The Labute approximate surface area is 122 Å². The number of aliphatic hydroxyl groups is 1. The zero-order chi connectivity index (χ0) is 15.4. The molecule has 2 aromatic carbocycles. The fourth-order valence-electron chi connectivity index (χ4n) is 2.01. The van der Waals surface area contributed by atoms with Crippen molar-refractivity contribution in [3.05, 3.63) is 53.6 Å². The lowest BCUT2D eigenvalue weighted by Gasteiger charge is -2.14. The van der Waals surface area contributed by atoms with E-state index in [4.69, 9.17) is 4.74 Å². The quantitative estimate of drug-likeness (QED) is 0.783. The van der Waals surface area contributed by atoms with Gasteiger partial charge in [-0.15, -0.1) is 0 Å². The van der Waals surface area contributed by atoms with E-state index in [0.717, 1.165) is 0 Å². The molecular formula is C16H16O5. The summed E-state index contributed by atoms with van der Waals surface area (Å²) < 4.78 is 5.06. The number of aromatic hydroxyl groups is 2. The molecular weight excluding hydrogens is 272 g/mol. The summed E-state index contributed by atoms with van der Waals surface area (Å²) in [6.07, 6.45) is -1.31. The molecule has 0 fully saturated rings. The fraction of sp³-hybridized carbons (Fsp3) is 0.188. The Bertz CT molecular complexity index is 634. The predicted octanol–water partition coefficient (Wildman–Crippen LogP) is 1.95. The number of phenols is 2. The van der Waals surface area contributed by atoms with Crippen LogP contribution in [0.15, 0.2) is 42.5 Å². The summed E-state index contributed by atoms with van der Waals surface area (Å²) in [5.74, 6) is -0.0352. The lowest BCUT2D eigenvalue weighted by Crippen LogP contribution is -2.15. The largest absolute Gasteiger partial charge is 0.508 e.